The number of hydrogen-bond acceptors (Lipinski definition) is 2. The number of nitrogens with one attached hydrogen (secondary N) is 1. The highest BCUT2D eigenvalue weighted by atomic mass is 16.2. The summed E-state index contributed by atoms with van der Waals surface area (Å²) >= 11 is 0. The first kappa shape index (κ1) is 19.6. The predicted octanol–water partition coefficient (Wildman–Crippen LogP) is 4.75. The molecule has 1 heterocycles. The van der Waals surface area contributed by atoms with Crippen molar-refractivity contribution < 1.29 is 9.59 Å². The van der Waals surface area contributed by atoms with Crippen molar-refractivity contribution in [2.24, 2.45) is 0 Å². The number of hydrogen-bond donors (Lipinski definition) is 1. The van der Waals surface area contributed by atoms with Crippen LogP contribution in [0.1, 0.15) is 57.4 Å². The number of benzene rings is 3. The molecule has 0 bridgehead atoms. The normalized spacial score (nSPS) is 20.3. The van der Waals surface area contributed by atoms with Gasteiger partial charge in [0.25, 0.3) is 5.91 Å². The van der Waals surface area contributed by atoms with Crippen LogP contribution in [0.5, 0.6) is 0 Å². The van der Waals surface area contributed by atoms with E-state index in [4.69, 9.17) is 0 Å². The maximum Gasteiger partial charge on any atom is 0.254 e. The van der Waals surface area contributed by atoms with E-state index in [9.17, 15) is 9.59 Å². The van der Waals surface area contributed by atoms with Gasteiger partial charge in [0.15, 0.2) is 0 Å². The number of aryl methyl sites for hydroxylation is 1. The van der Waals surface area contributed by atoms with Gasteiger partial charge < -0.3 is 10.2 Å². The number of nitrogens with zero attached hydrogens (tertiary/aromatic N) is 1. The lowest BCUT2D eigenvalue weighted by molar-refractivity contribution is -0.124. The van der Waals surface area contributed by atoms with Crippen LogP contribution in [-0.2, 0) is 11.3 Å². The minimum Gasteiger partial charge on any atom is -0.351 e. The lowest BCUT2D eigenvalue weighted by atomic mass is 9.78. The molecular formula is C27H26N2O2. The van der Waals surface area contributed by atoms with Gasteiger partial charge in [0.2, 0.25) is 5.91 Å². The summed E-state index contributed by atoms with van der Waals surface area (Å²) in [5.74, 6) is -0.447. The lowest BCUT2D eigenvalue weighted by Crippen LogP contribution is -2.48. The molecule has 0 saturated heterocycles. The van der Waals surface area contributed by atoms with Crippen molar-refractivity contribution in [3.05, 3.63) is 107 Å². The Morgan fingerprint density at radius 2 is 1.71 bits per heavy atom. The molecule has 1 aliphatic heterocycles. The topological polar surface area (TPSA) is 49.4 Å². The standard InChI is InChI=1S/C27H26N2O2/c1-18-8-7-11-20(16-18)25-24(26(30)28-17-19-9-3-2-4-10-19)22-12-5-6-13-23(22)27(31)29(25)21-14-15-21/h2-13,16,21,24-25H,14-15,17H2,1H3,(H,28,30)/t24-,25-/m0/s1. The van der Waals surface area contributed by atoms with Crippen molar-refractivity contribution >= 4 is 11.8 Å². The fraction of sp³-hybridized carbons (Fsp3) is 0.259. The molecule has 3 aromatic carbocycles. The van der Waals surface area contributed by atoms with Gasteiger partial charge in [0, 0.05) is 18.2 Å². The average molecular weight is 411 g/mol. The van der Waals surface area contributed by atoms with Crippen LogP contribution in [0.15, 0.2) is 78.9 Å². The Kier molecular flexibility index (Phi) is 5.06. The quantitative estimate of drug-likeness (QED) is 0.660. The molecule has 31 heavy (non-hydrogen) atoms. The minimum absolute atomic E-state index is 0.0386. The van der Waals surface area contributed by atoms with E-state index in [2.05, 4.69) is 11.4 Å². The summed E-state index contributed by atoms with van der Waals surface area (Å²) in [5.41, 5.74) is 4.68. The fourth-order valence-electron chi connectivity index (χ4n) is 4.69. The monoisotopic (exact) mass is 410 g/mol. The highest BCUT2D eigenvalue weighted by molar-refractivity contribution is 6.01. The third-order valence-corrected chi connectivity index (χ3v) is 6.29. The van der Waals surface area contributed by atoms with E-state index in [1.807, 2.05) is 84.6 Å². The Hall–Kier alpha value is -3.40. The van der Waals surface area contributed by atoms with Crippen LogP contribution in [0.3, 0.4) is 0 Å². The summed E-state index contributed by atoms with van der Waals surface area (Å²) in [4.78, 5) is 29.1. The molecule has 2 atom stereocenters. The molecule has 1 fully saturated rings. The Labute approximate surface area is 182 Å². The molecular weight excluding hydrogens is 384 g/mol. The Morgan fingerprint density at radius 3 is 2.45 bits per heavy atom. The first-order chi connectivity index (χ1) is 15.1. The van der Waals surface area contributed by atoms with E-state index < -0.39 is 5.92 Å². The number of amides is 2. The largest absolute Gasteiger partial charge is 0.351 e. The second kappa shape index (κ2) is 8.03. The molecule has 3 aromatic rings. The van der Waals surface area contributed by atoms with E-state index in [1.165, 1.54) is 0 Å². The second-order valence-corrected chi connectivity index (χ2v) is 8.57. The SMILES string of the molecule is Cc1cccc([C@H]2[C@@H](C(=O)NCc3ccccc3)c3ccccc3C(=O)N2C2CC2)c1. The third-order valence-electron chi connectivity index (χ3n) is 6.29. The van der Waals surface area contributed by atoms with Crippen molar-refractivity contribution in [1.29, 1.82) is 0 Å². The van der Waals surface area contributed by atoms with Gasteiger partial charge in [-0.25, -0.2) is 0 Å². The summed E-state index contributed by atoms with van der Waals surface area (Å²) in [7, 11) is 0. The van der Waals surface area contributed by atoms with Crippen molar-refractivity contribution in [3.63, 3.8) is 0 Å². The first-order valence-corrected chi connectivity index (χ1v) is 10.9. The van der Waals surface area contributed by atoms with Gasteiger partial charge in [-0.05, 0) is 42.5 Å². The molecule has 156 valence electrons. The smallest absolute Gasteiger partial charge is 0.254 e. The van der Waals surface area contributed by atoms with Gasteiger partial charge in [0.1, 0.15) is 0 Å². The van der Waals surface area contributed by atoms with Crippen molar-refractivity contribution in [1.82, 2.24) is 10.2 Å². The minimum atomic E-state index is -0.444. The Bertz CT molecular complexity index is 1120. The molecule has 2 aliphatic rings. The zero-order valence-electron chi connectivity index (χ0n) is 17.6. The predicted molar refractivity (Wildman–Crippen MR) is 121 cm³/mol. The fourth-order valence-corrected chi connectivity index (χ4v) is 4.69. The zero-order valence-corrected chi connectivity index (χ0v) is 17.6. The second-order valence-electron chi connectivity index (χ2n) is 8.57. The van der Waals surface area contributed by atoms with E-state index >= 15 is 0 Å². The summed E-state index contributed by atoms with van der Waals surface area (Å²) in [6.07, 6.45) is 1.99. The van der Waals surface area contributed by atoms with Crippen molar-refractivity contribution in [2.75, 3.05) is 0 Å². The summed E-state index contributed by atoms with van der Waals surface area (Å²) < 4.78 is 0. The zero-order chi connectivity index (χ0) is 21.4. The summed E-state index contributed by atoms with van der Waals surface area (Å²) in [6.45, 7) is 2.52. The van der Waals surface area contributed by atoms with E-state index in [1.54, 1.807) is 0 Å². The maximum absolute atomic E-state index is 13.6. The van der Waals surface area contributed by atoms with Crippen LogP contribution >= 0.6 is 0 Å². The van der Waals surface area contributed by atoms with E-state index in [0.717, 1.165) is 35.1 Å². The Morgan fingerprint density at radius 1 is 0.968 bits per heavy atom. The molecule has 4 heteroatoms. The highest BCUT2D eigenvalue weighted by Gasteiger charge is 2.48. The van der Waals surface area contributed by atoms with Gasteiger partial charge >= 0.3 is 0 Å². The van der Waals surface area contributed by atoms with E-state index in [-0.39, 0.29) is 23.9 Å². The molecule has 1 saturated carbocycles. The van der Waals surface area contributed by atoms with Crippen LogP contribution in [-0.4, -0.2) is 22.8 Å². The lowest BCUT2D eigenvalue weighted by Gasteiger charge is -2.42. The number of rotatable bonds is 5. The molecule has 4 nitrogen and oxygen atoms in total. The van der Waals surface area contributed by atoms with Gasteiger partial charge in [-0.15, -0.1) is 0 Å². The summed E-state index contributed by atoms with van der Waals surface area (Å²) in [5, 5.41) is 3.14. The molecule has 0 spiro atoms. The molecule has 5 rings (SSSR count). The molecule has 0 radical (unpaired) electrons. The molecule has 2 amide bonds. The first-order valence-electron chi connectivity index (χ1n) is 10.9. The summed E-state index contributed by atoms with van der Waals surface area (Å²) in [6, 6.07) is 25.7. The number of fused-ring (bicyclic) bond motifs is 1. The Balaban J connectivity index is 1.58. The molecule has 1 aliphatic carbocycles. The van der Waals surface area contributed by atoms with Crippen molar-refractivity contribution in [3.8, 4) is 0 Å². The van der Waals surface area contributed by atoms with Gasteiger partial charge in [-0.1, -0.05) is 78.4 Å². The number of carbonyl (C=O) groups excluding carboxylic acids is 2. The van der Waals surface area contributed by atoms with E-state index in [0.29, 0.717) is 12.1 Å². The van der Waals surface area contributed by atoms with Crippen LogP contribution < -0.4 is 5.32 Å². The third kappa shape index (κ3) is 3.74. The van der Waals surface area contributed by atoms with Gasteiger partial charge in [-0.2, -0.15) is 0 Å². The highest BCUT2D eigenvalue weighted by Crippen LogP contribution is 2.47. The van der Waals surface area contributed by atoms with Crippen LogP contribution in [0.4, 0.5) is 0 Å². The van der Waals surface area contributed by atoms with Gasteiger partial charge in [0.05, 0.1) is 12.0 Å². The van der Waals surface area contributed by atoms with Crippen LogP contribution in [0.25, 0.3) is 0 Å². The van der Waals surface area contributed by atoms with Crippen LogP contribution in [0.2, 0.25) is 0 Å². The molecule has 0 aromatic heterocycles. The average Bonchev–Trinajstić information content (AvgIpc) is 3.63. The molecule has 1 N–H and O–H groups in total. The number of carbonyl (C=O) groups is 2. The van der Waals surface area contributed by atoms with Crippen LogP contribution in [0, 0.1) is 6.92 Å². The maximum atomic E-state index is 13.6. The molecule has 0 unspecified atom stereocenters. The van der Waals surface area contributed by atoms with Gasteiger partial charge in [-0.3, -0.25) is 9.59 Å². The van der Waals surface area contributed by atoms with Crippen molar-refractivity contribution in [2.45, 2.75) is 44.3 Å².